The van der Waals surface area contributed by atoms with Crippen molar-refractivity contribution in [3.63, 3.8) is 0 Å². The number of nitrogens with zero attached hydrogens (tertiary/aromatic N) is 1. The van der Waals surface area contributed by atoms with Gasteiger partial charge in [-0.3, -0.25) is 19.4 Å². The first kappa shape index (κ1) is 38.2. The van der Waals surface area contributed by atoms with E-state index < -0.39 is 12.1 Å². The lowest BCUT2D eigenvalue weighted by Crippen LogP contribution is -2.54. The normalized spacial score (nSPS) is 17.5. The quantitative estimate of drug-likeness (QED) is 0.0398. The summed E-state index contributed by atoms with van der Waals surface area (Å²) in [6, 6.07) is 6.00. The Hall–Kier alpha value is -3.03. The molecule has 2 atom stereocenters. The van der Waals surface area contributed by atoms with Crippen LogP contribution < -0.4 is 43.6 Å². The molecular weight excluding hydrogens is 592 g/mol. The van der Waals surface area contributed by atoms with Crippen LogP contribution in [0.5, 0.6) is 5.75 Å². The van der Waals surface area contributed by atoms with Crippen molar-refractivity contribution in [2.24, 2.45) is 33.8 Å². The molecule has 0 radical (unpaired) electrons. The molecule has 11 N–H and O–H groups in total. The highest BCUT2D eigenvalue weighted by Crippen LogP contribution is 2.25. The predicted molar refractivity (Wildman–Crippen MR) is 183 cm³/mol. The third-order valence-electron chi connectivity index (χ3n) is 8.00. The molecule has 2 rings (SSSR count). The molecule has 0 spiro atoms. The first-order valence-corrected chi connectivity index (χ1v) is 17.1. The van der Waals surface area contributed by atoms with E-state index in [0.717, 1.165) is 68.4 Å². The number of nitrogens with two attached hydrogens (primary N) is 4. The second-order valence-electron chi connectivity index (χ2n) is 11.8. The number of hydrogen-bond acceptors (Lipinski definition) is 8. The van der Waals surface area contributed by atoms with Gasteiger partial charge in [0.15, 0.2) is 5.96 Å². The van der Waals surface area contributed by atoms with Crippen LogP contribution in [0.15, 0.2) is 29.3 Å². The number of hydrogen-bond donors (Lipinski definition) is 8. The van der Waals surface area contributed by atoms with Crippen molar-refractivity contribution < 1.29 is 19.1 Å². The third-order valence-corrected chi connectivity index (χ3v) is 8.32. The van der Waals surface area contributed by atoms with Crippen molar-refractivity contribution in [1.29, 1.82) is 0 Å². The number of nitrogens with one attached hydrogen (secondary N) is 3. The maximum atomic E-state index is 13.5. The number of aliphatic imine (C=N–C) groups is 1. The predicted octanol–water partition coefficient (Wildman–Crippen LogP) is 1.49. The van der Waals surface area contributed by atoms with Crippen molar-refractivity contribution >= 4 is 36.3 Å². The van der Waals surface area contributed by atoms with Gasteiger partial charge in [0, 0.05) is 6.54 Å². The van der Waals surface area contributed by atoms with Crippen LogP contribution in [0, 0.1) is 5.92 Å². The van der Waals surface area contributed by atoms with Crippen molar-refractivity contribution in [3.05, 3.63) is 29.8 Å². The Kier molecular flexibility index (Phi) is 19.1. The lowest BCUT2D eigenvalue weighted by molar-refractivity contribution is -0.132. The Balaban J connectivity index is 1.96. The zero-order valence-corrected chi connectivity index (χ0v) is 27.6. The average Bonchev–Trinajstić information content (AvgIpc) is 3.02. The number of benzene rings is 1. The van der Waals surface area contributed by atoms with Gasteiger partial charge < -0.3 is 43.6 Å². The monoisotopic (exact) mass is 648 g/mol. The molecular formula is C32H56N8O4S. The molecule has 13 heteroatoms. The molecule has 1 fully saturated rings. The molecule has 1 aromatic rings. The van der Waals surface area contributed by atoms with Gasteiger partial charge in [-0.2, -0.15) is 12.6 Å². The van der Waals surface area contributed by atoms with Gasteiger partial charge in [-0.1, -0.05) is 12.1 Å². The summed E-state index contributed by atoms with van der Waals surface area (Å²) >= 11 is 4.21. The Morgan fingerprint density at radius 3 is 2.04 bits per heavy atom. The van der Waals surface area contributed by atoms with Gasteiger partial charge >= 0.3 is 0 Å². The molecule has 1 saturated carbocycles. The number of carbonyl (C=O) groups excluding carboxylic acids is 3. The van der Waals surface area contributed by atoms with Crippen molar-refractivity contribution in [2.75, 3.05) is 32.0 Å². The highest BCUT2D eigenvalue weighted by Gasteiger charge is 2.28. The maximum absolute atomic E-state index is 13.5. The highest BCUT2D eigenvalue weighted by molar-refractivity contribution is 7.80. The SMILES string of the molecule is NCCCC[C@H](NC(=O)Cc1ccc(OCCCCS)cc1)C(=O)N[C@@H](CCCCN)C(=O)NCC1CCC(N=C(N)N)CC1. The van der Waals surface area contributed by atoms with E-state index >= 15 is 0 Å². The lowest BCUT2D eigenvalue weighted by Gasteiger charge is -2.28. The Morgan fingerprint density at radius 1 is 0.844 bits per heavy atom. The number of unbranched alkanes of at least 4 members (excludes halogenated alkanes) is 3. The summed E-state index contributed by atoms with van der Waals surface area (Å²) in [5, 5.41) is 8.85. The van der Waals surface area contributed by atoms with Crippen LogP contribution in [0.2, 0.25) is 0 Å². The fourth-order valence-electron chi connectivity index (χ4n) is 5.39. The van der Waals surface area contributed by atoms with Gasteiger partial charge in [-0.05, 0) is 120 Å². The van der Waals surface area contributed by atoms with Crippen molar-refractivity contribution in [1.82, 2.24) is 16.0 Å². The van der Waals surface area contributed by atoms with Gasteiger partial charge in [0.2, 0.25) is 17.7 Å². The van der Waals surface area contributed by atoms with Gasteiger partial charge in [-0.25, -0.2) is 0 Å². The first-order valence-electron chi connectivity index (χ1n) is 16.4. The maximum Gasteiger partial charge on any atom is 0.243 e. The molecule has 0 heterocycles. The molecule has 1 aromatic carbocycles. The molecule has 0 unspecified atom stereocenters. The van der Waals surface area contributed by atoms with E-state index in [9.17, 15) is 14.4 Å². The summed E-state index contributed by atoms with van der Waals surface area (Å²) in [6.07, 6.45) is 9.30. The number of rotatable bonds is 22. The summed E-state index contributed by atoms with van der Waals surface area (Å²) in [4.78, 5) is 44.0. The highest BCUT2D eigenvalue weighted by atomic mass is 32.1. The lowest BCUT2D eigenvalue weighted by atomic mass is 9.86. The Bertz CT molecular complexity index is 1030. The van der Waals surface area contributed by atoms with Crippen molar-refractivity contribution in [2.45, 2.75) is 102 Å². The Labute approximate surface area is 274 Å². The largest absolute Gasteiger partial charge is 0.494 e. The molecule has 0 saturated heterocycles. The summed E-state index contributed by atoms with van der Waals surface area (Å²) in [6.45, 7) is 2.13. The minimum Gasteiger partial charge on any atom is -0.494 e. The number of guanidine groups is 1. The third kappa shape index (κ3) is 16.2. The second-order valence-corrected chi connectivity index (χ2v) is 12.3. The van der Waals surface area contributed by atoms with E-state index in [-0.39, 0.29) is 36.1 Å². The van der Waals surface area contributed by atoms with Crippen LogP contribution in [0.3, 0.4) is 0 Å². The molecule has 12 nitrogen and oxygen atoms in total. The van der Waals surface area contributed by atoms with Crippen LogP contribution in [-0.4, -0.2) is 73.8 Å². The molecule has 1 aliphatic rings. The first-order chi connectivity index (χ1) is 21.7. The number of amides is 3. The minimum atomic E-state index is -0.783. The van der Waals surface area contributed by atoms with Gasteiger partial charge in [-0.15, -0.1) is 0 Å². The fourth-order valence-corrected chi connectivity index (χ4v) is 5.61. The summed E-state index contributed by atoms with van der Waals surface area (Å²) < 4.78 is 5.73. The fraction of sp³-hybridized carbons (Fsp3) is 0.688. The molecule has 1 aliphatic carbocycles. The smallest absolute Gasteiger partial charge is 0.243 e. The number of thiol groups is 1. The zero-order chi connectivity index (χ0) is 32.9. The molecule has 45 heavy (non-hydrogen) atoms. The van der Waals surface area contributed by atoms with Crippen LogP contribution in [0.4, 0.5) is 0 Å². The van der Waals surface area contributed by atoms with Crippen LogP contribution in [0.25, 0.3) is 0 Å². The zero-order valence-electron chi connectivity index (χ0n) is 26.7. The molecule has 0 aromatic heterocycles. The van der Waals surface area contributed by atoms with E-state index in [1.165, 1.54) is 0 Å². The van der Waals surface area contributed by atoms with Crippen LogP contribution in [-0.2, 0) is 20.8 Å². The van der Waals surface area contributed by atoms with E-state index in [4.69, 9.17) is 27.7 Å². The van der Waals surface area contributed by atoms with Crippen molar-refractivity contribution in [3.8, 4) is 5.75 Å². The second kappa shape index (κ2) is 22.5. The van der Waals surface area contributed by atoms with Gasteiger partial charge in [0.05, 0.1) is 19.1 Å². The topological polar surface area (TPSA) is 213 Å². The molecule has 0 bridgehead atoms. The van der Waals surface area contributed by atoms with Crippen LogP contribution in [0.1, 0.15) is 82.6 Å². The number of carbonyl (C=O) groups is 3. The molecule has 0 aliphatic heterocycles. The molecule has 3 amide bonds. The minimum absolute atomic E-state index is 0.107. The summed E-state index contributed by atoms with van der Waals surface area (Å²) in [5.74, 6) is 1.12. The van der Waals surface area contributed by atoms with E-state index in [1.807, 2.05) is 24.3 Å². The van der Waals surface area contributed by atoms with E-state index in [1.54, 1.807) is 0 Å². The standard InChI is InChI=1S/C32H56N8O4S/c33-17-3-1-7-27(30(42)37-22-24-9-13-25(14-10-24)38-32(35)36)40-31(43)28(8-2-4-18-34)39-29(41)21-23-11-15-26(16-12-23)44-19-5-6-20-45/h11-12,15-16,24-25,27-28,45H,1-10,13-14,17-22,33-34H2,(H,37,42)(H,39,41)(H,40,43)(H4,35,36,38)/t24?,25?,27-,28-/m0/s1. The Morgan fingerprint density at radius 2 is 1.47 bits per heavy atom. The summed E-state index contributed by atoms with van der Waals surface area (Å²) in [7, 11) is 0. The summed E-state index contributed by atoms with van der Waals surface area (Å²) in [5.41, 5.74) is 23.2. The van der Waals surface area contributed by atoms with E-state index in [2.05, 4.69) is 33.6 Å². The van der Waals surface area contributed by atoms with E-state index in [0.29, 0.717) is 57.8 Å². The van der Waals surface area contributed by atoms with Gasteiger partial charge in [0.25, 0.3) is 0 Å². The van der Waals surface area contributed by atoms with Gasteiger partial charge in [0.1, 0.15) is 17.8 Å². The molecule has 254 valence electrons. The average molecular weight is 649 g/mol. The number of ether oxygens (including phenoxy) is 1. The van der Waals surface area contributed by atoms with Crippen LogP contribution >= 0.6 is 12.6 Å².